The van der Waals surface area contributed by atoms with Gasteiger partial charge in [0.15, 0.2) is 24.2 Å². The van der Waals surface area contributed by atoms with E-state index >= 15 is 4.79 Å². The second-order valence-electron chi connectivity index (χ2n) is 13.4. The summed E-state index contributed by atoms with van der Waals surface area (Å²) < 4.78 is 12.9. The molecular formula is C47H41N2O6P. The molecule has 1 aliphatic heterocycles. The smallest absolute Gasteiger partial charge is 0.357 e. The van der Waals surface area contributed by atoms with Gasteiger partial charge in [0.2, 0.25) is 5.91 Å². The minimum atomic E-state index is -3.35. The van der Waals surface area contributed by atoms with Gasteiger partial charge in [0.05, 0.1) is 6.42 Å². The van der Waals surface area contributed by atoms with Gasteiger partial charge in [0.25, 0.3) is 5.91 Å². The van der Waals surface area contributed by atoms with Crippen molar-refractivity contribution in [1.29, 1.82) is 0 Å². The number of nitrogens with one attached hydrogen (secondary N) is 1. The number of esters is 1. The number of β-lactam (4-membered cyclic amide) rings is 1. The van der Waals surface area contributed by atoms with E-state index in [1.807, 2.05) is 182 Å². The summed E-state index contributed by atoms with van der Waals surface area (Å²) in [5.41, 5.74) is 2.30. The number of amides is 2. The van der Waals surface area contributed by atoms with E-state index in [4.69, 9.17) is 9.47 Å². The number of hydrogen-bond acceptors (Lipinski definition) is 6. The van der Waals surface area contributed by atoms with Crippen molar-refractivity contribution in [2.75, 3.05) is 6.61 Å². The third-order valence-electron chi connectivity index (χ3n) is 9.61. The van der Waals surface area contributed by atoms with Crippen LogP contribution in [-0.4, -0.2) is 52.8 Å². The van der Waals surface area contributed by atoms with Crippen molar-refractivity contribution < 1.29 is 28.7 Å². The van der Waals surface area contributed by atoms with E-state index in [1.54, 1.807) is 0 Å². The Morgan fingerprint density at radius 1 is 0.625 bits per heavy atom. The van der Waals surface area contributed by atoms with Crippen molar-refractivity contribution in [3.8, 4) is 0 Å². The number of carbonyl (C=O) groups excluding carboxylic acids is 4. The first-order valence-corrected chi connectivity index (χ1v) is 20.2. The molecule has 0 saturated carbocycles. The summed E-state index contributed by atoms with van der Waals surface area (Å²) in [5.74, 6) is -1.99. The van der Waals surface area contributed by atoms with E-state index in [2.05, 4.69) is 5.32 Å². The Bertz CT molecular complexity index is 2200. The molecule has 1 aliphatic rings. The molecule has 9 heteroatoms. The molecule has 280 valence electrons. The van der Waals surface area contributed by atoms with Gasteiger partial charge in [-0.05, 0) is 39.5 Å². The number of rotatable bonds is 14. The molecular weight excluding hydrogens is 719 g/mol. The minimum absolute atomic E-state index is 0.0213. The number of ether oxygens (including phenoxy) is 2. The first-order chi connectivity index (χ1) is 27.4. The lowest BCUT2D eigenvalue weighted by Gasteiger charge is -2.49. The van der Waals surface area contributed by atoms with Crippen molar-refractivity contribution >= 4 is 51.8 Å². The van der Waals surface area contributed by atoms with Crippen LogP contribution in [-0.2, 0) is 35.1 Å². The van der Waals surface area contributed by atoms with Crippen LogP contribution in [0.25, 0.3) is 0 Å². The Kier molecular flexibility index (Phi) is 11.8. The van der Waals surface area contributed by atoms with Crippen molar-refractivity contribution in [2.45, 2.75) is 31.7 Å². The largest absolute Gasteiger partial charge is 0.448 e. The second-order valence-corrected chi connectivity index (χ2v) is 16.7. The standard InChI is InChI=1S/C47H41N2O6P/c1-34(50)33-54-45-42(48-41(51)32-35-20-8-2-9-21-35)44(52)49(45)46(47(53)55-43(36-22-10-3-11-23-36)37-24-12-4-13-25-37)56(38-26-14-5-15-27-38,39-28-16-6-17-29-39)40-30-18-7-19-31-40/h2-31,42-43,45H,32-33H2,1H3,(H,48,51). The van der Waals surface area contributed by atoms with Crippen LogP contribution in [0.15, 0.2) is 182 Å². The number of ketones is 1. The topological polar surface area (TPSA) is 102 Å². The lowest BCUT2D eigenvalue weighted by Crippen LogP contribution is -2.74. The van der Waals surface area contributed by atoms with Gasteiger partial charge in [-0.3, -0.25) is 19.3 Å². The molecule has 0 spiro atoms. The molecule has 1 saturated heterocycles. The highest BCUT2D eigenvalue weighted by atomic mass is 31.2. The monoisotopic (exact) mass is 760 g/mol. The van der Waals surface area contributed by atoms with Crippen LogP contribution in [0.5, 0.6) is 0 Å². The third kappa shape index (κ3) is 7.89. The van der Waals surface area contributed by atoms with Gasteiger partial charge in [-0.15, -0.1) is 0 Å². The Morgan fingerprint density at radius 2 is 1.04 bits per heavy atom. The summed E-state index contributed by atoms with van der Waals surface area (Å²) in [6.07, 6.45) is -2.04. The molecule has 56 heavy (non-hydrogen) atoms. The van der Waals surface area contributed by atoms with Crippen molar-refractivity contribution in [3.05, 3.63) is 199 Å². The fourth-order valence-corrected chi connectivity index (χ4v) is 11.5. The van der Waals surface area contributed by atoms with Crippen LogP contribution < -0.4 is 21.2 Å². The molecule has 1 fully saturated rings. The first-order valence-electron chi connectivity index (χ1n) is 18.4. The fraction of sp³-hybridized carbons (Fsp3) is 0.128. The quantitative estimate of drug-likeness (QED) is 0.0838. The summed E-state index contributed by atoms with van der Waals surface area (Å²) in [6, 6.07) is 55.8. The number of hydrogen-bond donors (Lipinski definition) is 1. The van der Waals surface area contributed by atoms with E-state index in [0.29, 0.717) is 0 Å². The predicted octanol–water partition coefficient (Wildman–Crippen LogP) is 5.94. The molecule has 1 N–H and O–H groups in total. The summed E-state index contributed by atoms with van der Waals surface area (Å²) in [7, 11) is 0. The molecule has 0 radical (unpaired) electrons. The summed E-state index contributed by atoms with van der Waals surface area (Å²) in [6.45, 7) is -2.32. The number of Topliss-reactive ketones (excluding diaryl/α,β-unsaturated/α-hetero) is 1. The van der Waals surface area contributed by atoms with Crippen molar-refractivity contribution in [1.82, 2.24) is 10.2 Å². The van der Waals surface area contributed by atoms with Crippen LogP contribution in [0.1, 0.15) is 29.7 Å². The SMILES string of the molecule is CC(=O)COC1C(NC(=O)Cc2ccccc2)C(=O)N1C(C(=O)OC(c1ccccc1)c1ccccc1)=P(c1ccccc1)(c1ccccc1)c1ccccc1. The van der Waals surface area contributed by atoms with Gasteiger partial charge in [0.1, 0.15) is 12.0 Å². The second kappa shape index (κ2) is 17.4. The maximum atomic E-state index is 15.7. The summed E-state index contributed by atoms with van der Waals surface area (Å²) >= 11 is 0. The van der Waals surface area contributed by atoms with E-state index in [1.165, 1.54) is 11.8 Å². The lowest BCUT2D eigenvalue weighted by atomic mass is 10.0. The van der Waals surface area contributed by atoms with E-state index in [-0.39, 0.29) is 24.2 Å². The number of benzene rings is 6. The average Bonchev–Trinajstić information content (AvgIpc) is 3.24. The van der Waals surface area contributed by atoms with Crippen LogP contribution in [0.2, 0.25) is 0 Å². The van der Waals surface area contributed by atoms with Gasteiger partial charge in [-0.2, -0.15) is 0 Å². The highest BCUT2D eigenvalue weighted by Crippen LogP contribution is 2.49. The minimum Gasteiger partial charge on any atom is -0.448 e. The molecule has 0 aliphatic carbocycles. The van der Waals surface area contributed by atoms with Gasteiger partial charge in [-0.25, -0.2) is 4.79 Å². The zero-order valence-corrected chi connectivity index (χ0v) is 31.7. The van der Waals surface area contributed by atoms with Gasteiger partial charge in [-0.1, -0.05) is 182 Å². The van der Waals surface area contributed by atoms with Crippen molar-refractivity contribution in [2.24, 2.45) is 0 Å². The number of nitrogens with zero attached hydrogens (tertiary/aromatic N) is 1. The highest BCUT2D eigenvalue weighted by molar-refractivity contribution is 7.96. The molecule has 6 aromatic rings. The Labute approximate surface area is 326 Å². The Hall–Kier alpha value is -6.34. The van der Waals surface area contributed by atoms with Gasteiger partial charge >= 0.3 is 5.97 Å². The van der Waals surface area contributed by atoms with E-state index in [9.17, 15) is 14.4 Å². The fourth-order valence-electron chi connectivity index (χ4n) is 7.11. The van der Waals surface area contributed by atoms with Crippen LogP contribution >= 0.6 is 6.89 Å². The first kappa shape index (κ1) is 38.0. The van der Waals surface area contributed by atoms with E-state index in [0.717, 1.165) is 32.6 Å². The van der Waals surface area contributed by atoms with Crippen LogP contribution in [0.3, 0.4) is 0 Å². The van der Waals surface area contributed by atoms with Crippen LogP contribution in [0, 0.1) is 0 Å². The molecule has 7 rings (SSSR count). The molecule has 0 aromatic heterocycles. The molecule has 6 aromatic carbocycles. The van der Waals surface area contributed by atoms with Gasteiger partial charge in [0, 0.05) is 6.89 Å². The molecule has 1 heterocycles. The zero-order chi connectivity index (χ0) is 38.9. The lowest BCUT2D eigenvalue weighted by molar-refractivity contribution is -0.175. The third-order valence-corrected chi connectivity index (χ3v) is 13.9. The summed E-state index contributed by atoms with van der Waals surface area (Å²) in [4.78, 5) is 57.8. The normalized spacial score (nSPS) is 15.1. The van der Waals surface area contributed by atoms with E-state index < -0.39 is 43.0 Å². The molecule has 8 nitrogen and oxygen atoms in total. The molecule has 2 unspecified atom stereocenters. The van der Waals surface area contributed by atoms with Gasteiger partial charge < -0.3 is 14.8 Å². The number of likely N-dealkylation sites (tertiary alicyclic amines) is 1. The predicted molar refractivity (Wildman–Crippen MR) is 220 cm³/mol. The Balaban J connectivity index is 1.48. The maximum absolute atomic E-state index is 15.7. The van der Waals surface area contributed by atoms with Crippen LogP contribution in [0.4, 0.5) is 0 Å². The average molecular weight is 761 g/mol. The Morgan fingerprint density at radius 3 is 1.46 bits per heavy atom. The summed E-state index contributed by atoms with van der Waals surface area (Å²) in [5, 5.41) is 5.22. The maximum Gasteiger partial charge on any atom is 0.357 e. The zero-order valence-electron chi connectivity index (χ0n) is 30.8. The van der Waals surface area contributed by atoms with Crippen molar-refractivity contribution in [3.63, 3.8) is 0 Å². The molecule has 2 atom stereocenters. The number of carbonyl (C=O) groups is 4. The molecule has 0 bridgehead atoms. The highest BCUT2D eigenvalue weighted by Gasteiger charge is 2.55. The molecule has 2 amide bonds.